The minimum absolute atomic E-state index is 0.331. The average Bonchev–Trinajstić information content (AvgIpc) is 2.26. The fraction of sp³-hybridized carbons (Fsp3) is 0.273. The Morgan fingerprint density at radius 3 is 2.53 bits per heavy atom. The van der Waals surface area contributed by atoms with E-state index in [0.29, 0.717) is 16.9 Å². The van der Waals surface area contributed by atoms with E-state index < -0.39 is 5.97 Å². The Kier molecular flexibility index (Phi) is 3.29. The van der Waals surface area contributed by atoms with Crippen LogP contribution < -0.4 is 4.74 Å². The number of methoxy groups -OCH3 is 2. The number of carbonyl (C=O) groups is 1. The molecule has 0 saturated heterocycles. The fourth-order valence-electron chi connectivity index (χ4n) is 1.36. The van der Waals surface area contributed by atoms with Gasteiger partial charge in [-0.1, -0.05) is 0 Å². The first kappa shape index (κ1) is 11.1. The molecule has 0 unspecified atom stereocenters. The molecule has 78 valence electrons. The largest absolute Gasteiger partial charge is 0.495 e. The van der Waals surface area contributed by atoms with Crippen molar-refractivity contribution >= 4 is 5.97 Å². The molecule has 1 rings (SSSR count). The molecule has 0 saturated carbocycles. The predicted octanol–water partition coefficient (Wildman–Crippen LogP) is 1.66. The lowest BCUT2D eigenvalue weighted by molar-refractivity contribution is 0.0600. The van der Waals surface area contributed by atoms with Crippen LogP contribution in [-0.2, 0) is 4.74 Å². The van der Waals surface area contributed by atoms with E-state index in [-0.39, 0.29) is 0 Å². The summed E-state index contributed by atoms with van der Waals surface area (Å²) in [6.45, 7) is 1.77. The molecule has 1 aromatic carbocycles. The second kappa shape index (κ2) is 4.47. The van der Waals surface area contributed by atoms with Crippen LogP contribution in [0.2, 0.25) is 0 Å². The second-order valence-corrected chi connectivity index (χ2v) is 2.98. The molecule has 4 nitrogen and oxygen atoms in total. The molecule has 0 bridgehead atoms. The smallest absolute Gasteiger partial charge is 0.337 e. The van der Waals surface area contributed by atoms with E-state index >= 15 is 0 Å². The van der Waals surface area contributed by atoms with Crippen LogP contribution in [0.4, 0.5) is 0 Å². The molecule has 0 N–H and O–H groups in total. The van der Waals surface area contributed by atoms with Crippen LogP contribution in [0.3, 0.4) is 0 Å². The molecule has 0 spiro atoms. The summed E-state index contributed by atoms with van der Waals surface area (Å²) in [4.78, 5) is 11.3. The Labute approximate surface area is 88.0 Å². The van der Waals surface area contributed by atoms with Gasteiger partial charge in [-0.05, 0) is 24.6 Å². The number of ether oxygens (including phenoxy) is 2. The summed E-state index contributed by atoms with van der Waals surface area (Å²) in [5.41, 5.74) is 1.42. The van der Waals surface area contributed by atoms with E-state index in [2.05, 4.69) is 4.74 Å². The highest BCUT2D eigenvalue weighted by Crippen LogP contribution is 2.24. The summed E-state index contributed by atoms with van der Waals surface area (Å²) in [6.07, 6.45) is 0. The Morgan fingerprint density at radius 2 is 2.07 bits per heavy atom. The Morgan fingerprint density at radius 1 is 1.40 bits per heavy atom. The van der Waals surface area contributed by atoms with Crippen molar-refractivity contribution in [2.24, 2.45) is 0 Å². The van der Waals surface area contributed by atoms with Crippen molar-refractivity contribution in [2.45, 2.75) is 6.92 Å². The normalized spacial score (nSPS) is 9.20. The maximum atomic E-state index is 11.3. The van der Waals surface area contributed by atoms with Gasteiger partial charge in [0.1, 0.15) is 11.8 Å². The number of hydrogen-bond donors (Lipinski definition) is 0. The zero-order valence-electron chi connectivity index (χ0n) is 8.83. The van der Waals surface area contributed by atoms with E-state index in [1.54, 1.807) is 13.0 Å². The molecule has 0 amide bonds. The number of nitrogens with zero attached hydrogens (tertiary/aromatic N) is 1. The van der Waals surface area contributed by atoms with Gasteiger partial charge in [0.2, 0.25) is 0 Å². The van der Waals surface area contributed by atoms with Gasteiger partial charge in [0.25, 0.3) is 0 Å². The van der Waals surface area contributed by atoms with Crippen LogP contribution >= 0.6 is 0 Å². The first-order chi connectivity index (χ1) is 7.13. The maximum Gasteiger partial charge on any atom is 0.337 e. The number of esters is 1. The minimum atomic E-state index is -0.461. The molecule has 0 atom stereocenters. The van der Waals surface area contributed by atoms with E-state index in [0.717, 1.165) is 5.56 Å². The van der Waals surface area contributed by atoms with Gasteiger partial charge < -0.3 is 9.47 Å². The van der Waals surface area contributed by atoms with Crippen LogP contribution in [0.1, 0.15) is 21.5 Å². The number of hydrogen-bond acceptors (Lipinski definition) is 4. The number of aryl methyl sites for hydroxylation is 1. The standard InChI is InChI=1S/C11H11NO3/c1-7-4-8(11(13)15-3)5-9(6-12)10(7)14-2/h4-5H,1-3H3. The molecule has 1 aromatic rings. The number of carbonyl (C=O) groups excluding carboxylic acids is 1. The molecule has 0 fully saturated rings. The van der Waals surface area contributed by atoms with Crippen LogP contribution in [0.5, 0.6) is 5.75 Å². The molecule has 0 aromatic heterocycles. The molecule has 4 heteroatoms. The lowest BCUT2D eigenvalue weighted by atomic mass is 10.1. The summed E-state index contributed by atoms with van der Waals surface area (Å²) in [6, 6.07) is 5.06. The Balaban J connectivity index is 3.33. The van der Waals surface area contributed by atoms with Crippen LogP contribution in [0.15, 0.2) is 12.1 Å². The fourth-order valence-corrected chi connectivity index (χ4v) is 1.36. The van der Waals surface area contributed by atoms with E-state index in [1.165, 1.54) is 20.3 Å². The van der Waals surface area contributed by atoms with E-state index in [9.17, 15) is 4.79 Å². The van der Waals surface area contributed by atoms with Crippen molar-refractivity contribution in [3.05, 3.63) is 28.8 Å². The molecular formula is C11H11NO3. The van der Waals surface area contributed by atoms with Gasteiger partial charge in [-0.25, -0.2) is 4.79 Å². The zero-order chi connectivity index (χ0) is 11.4. The summed E-state index contributed by atoms with van der Waals surface area (Å²) in [5, 5.41) is 8.87. The van der Waals surface area contributed by atoms with Gasteiger partial charge in [0, 0.05) is 0 Å². The Bertz CT molecular complexity index is 432. The quantitative estimate of drug-likeness (QED) is 0.689. The third kappa shape index (κ3) is 2.08. The van der Waals surface area contributed by atoms with Gasteiger partial charge in [-0.15, -0.1) is 0 Å². The van der Waals surface area contributed by atoms with Gasteiger partial charge in [0.05, 0.1) is 25.3 Å². The number of rotatable bonds is 2. The molecule has 0 heterocycles. The highest BCUT2D eigenvalue weighted by atomic mass is 16.5. The molecule has 0 aliphatic carbocycles. The maximum absolute atomic E-state index is 11.3. The molecule has 15 heavy (non-hydrogen) atoms. The zero-order valence-corrected chi connectivity index (χ0v) is 8.83. The molecule has 0 aliphatic heterocycles. The van der Waals surface area contributed by atoms with Crippen molar-refractivity contribution in [3.63, 3.8) is 0 Å². The van der Waals surface area contributed by atoms with Crippen molar-refractivity contribution in [1.82, 2.24) is 0 Å². The second-order valence-electron chi connectivity index (χ2n) is 2.98. The predicted molar refractivity (Wildman–Crippen MR) is 53.8 cm³/mol. The van der Waals surface area contributed by atoms with Crippen molar-refractivity contribution in [3.8, 4) is 11.8 Å². The summed E-state index contributed by atoms with van der Waals surface area (Å²) < 4.78 is 9.64. The topological polar surface area (TPSA) is 59.3 Å². The van der Waals surface area contributed by atoms with Gasteiger partial charge >= 0.3 is 5.97 Å². The first-order valence-electron chi connectivity index (χ1n) is 4.31. The first-order valence-corrected chi connectivity index (χ1v) is 4.31. The molecular weight excluding hydrogens is 194 g/mol. The van der Waals surface area contributed by atoms with Crippen LogP contribution in [0.25, 0.3) is 0 Å². The average molecular weight is 205 g/mol. The van der Waals surface area contributed by atoms with Gasteiger partial charge in [0.15, 0.2) is 0 Å². The monoisotopic (exact) mass is 205 g/mol. The summed E-state index contributed by atoms with van der Waals surface area (Å²) in [5.74, 6) is 0.0300. The van der Waals surface area contributed by atoms with Crippen LogP contribution in [-0.4, -0.2) is 20.2 Å². The summed E-state index contributed by atoms with van der Waals surface area (Å²) in [7, 11) is 2.79. The van der Waals surface area contributed by atoms with Crippen molar-refractivity contribution in [1.29, 1.82) is 5.26 Å². The Hall–Kier alpha value is -2.02. The van der Waals surface area contributed by atoms with E-state index in [1.807, 2.05) is 6.07 Å². The molecule has 0 aliphatic rings. The highest BCUT2D eigenvalue weighted by Gasteiger charge is 2.13. The van der Waals surface area contributed by atoms with Crippen molar-refractivity contribution in [2.75, 3.05) is 14.2 Å². The number of nitriles is 1. The van der Waals surface area contributed by atoms with Crippen molar-refractivity contribution < 1.29 is 14.3 Å². The lowest BCUT2D eigenvalue weighted by Crippen LogP contribution is -2.03. The summed E-state index contributed by atoms with van der Waals surface area (Å²) >= 11 is 0. The third-order valence-corrected chi connectivity index (χ3v) is 2.02. The lowest BCUT2D eigenvalue weighted by Gasteiger charge is -2.08. The van der Waals surface area contributed by atoms with Crippen LogP contribution in [0, 0.1) is 18.3 Å². The van der Waals surface area contributed by atoms with Gasteiger partial charge in [-0.2, -0.15) is 5.26 Å². The minimum Gasteiger partial charge on any atom is -0.495 e. The third-order valence-electron chi connectivity index (χ3n) is 2.02. The SMILES string of the molecule is COC(=O)c1cc(C)c(OC)c(C#N)c1. The highest BCUT2D eigenvalue weighted by molar-refractivity contribution is 5.90. The molecule has 0 radical (unpaired) electrons. The number of benzene rings is 1. The van der Waals surface area contributed by atoms with Gasteiger partial charge in [-0.3, -0.25) is 0 Å². The van der Waals surface area contributed by atoms with E-state index in [4.69, 9.17) is 10.00 Å².